The number of carbonyl (C=O) groups excluding carboxylic acids is 5. The summed E-state index contributed by atoms with van der Waals surface area (Å²) in [5, 5.41) is 9.10. The van der Waals surface area contributed by atoms with Gasteiger partial charge >= 0.3 is 24.2 Å². The van der Waals surface area contributed by atoms with Gasteiger partial charge in [-0.1, -0.05) is 209 Å². The minimum Gasteiger partial charge on any atom is -0.481 e. The predicted molar refractivity (Wildman–Crippen MR) is 531 cm³/mol. The molecule has 13 aliphatic rings. The predicted octanol–water partition coefficient (Wildman–Crippen LogP) is 29.2. The molecule has 3 N–H and O–H groups in total. The number of fused-ring (bicyclic) bond motifs is 16. The van der Waals surface area contributed by atoms with E-state index in [1.165, 1.54) is 165 Å². The highest BCUT2D eigenvalue weighted by atomic mass is 16.6. The maximum atomic E-state index is 13.7. The molecule has 734 valence electrons. The van der Waals surface area contributed by atoms with Gasteiger partial charge in [0.25, 0.3) is 11.8 Å². The molecule has 0 bridgehead atoms. The van der Waals surface area contributed by atoms with E-state index in [-0.39, 0.29) is 65.5 Å². The minimum absolute atomic E-state index is 0.0595. The number of amides is 5. The highest BCUT2D eigenvalue weighted by Crippen LogP contribution is 2.72. The van der Waals surface area contributed by atoms with E-state index in [1.807, 2.05) is 77.0 Å². The number of nitrogens with zero attached hydrogens (tertiary/aromatic N) is 4. The molecule has 0 spiro atoms. The average Bonchev–Trinajstić information content (AvgIpc) is 1.44. The fraction of sp³-hybridized carbons (Fsp3) is 0.843. The second-order valence-electron chi connectivity index (χ2n) is 51.2. The Bertz CT molecular complexity index is 4060. The molecule has 130 heavy (non-hydrogen) atoms. The highest BCUT2D eigenvalue weighted by Gasteiger charge is 2.64. The monoisotopic (exact) mass is 1800 g/mol. The Labute approximate surface area is 792 Å². The SMILES string of the molecule is CC(C)CCCC(C)[C@H]1CCC2C3CC=C4CC(N(CCCCC(=O)O)C(=O)OC(C)(C)C)CC[C@]4(C)C3CC[C@@]21C.CC(C)CCCC(C)[C@H]1CCC2C3CC=C4CC(N(CCCN)C(=O)OC(C)(C)C)CC[C@]4(C)C3CC[C@@]21C.CC(C)CCCC(C)[C@H]1CCC2C3CC=C4CC(N(CCCN5C(=O)c6ccccc6C5=O)C(=O)OC(C)(C)C)CC[C@]4(C)C3CC[C@@]21C. The quantitative estimate of drug-likeness (QED) is 0.0323. The van der Waals surface area contributed by atoms with Crippen molar-refractivity contribution in [2.45, 2.75) is 445 Å². The molecule has 12 aliphatic carbocycles. The third kappa shape index (κ3) is 22.9. The molecule has 0 aromatic heterocycles. The Hall–Kier alpha value is -5.18. The molecule has 15 unspecified atom stereocenters. The van der Waals surface area contributed by atoms with Crippen molar-refractivity contribution in [1.29, 1.82) is 0 Å². The molecule has 0 radical (unpaired) electrons. The van der Waals surface area contributed by atoms with Crippen molar-refractivity contribution in [3.63, 3.8) is 0 Å². The number of benzene rings is 1. The fourth-order valence-electron chi connectivity index (χ4n) is 31.7. The number of unbranched alkanes of at least 4 members (excludes halogenated alkanes) is 1. The van der Waals surface area contributed by atoms with Gasteiger partial charge in [-0.3, -0.25) is 19.3 Å². The van der Waals surface area contributed by atoms with Gasteiger partial charge in [0, 0.05) is 50.7 Å². The zero-order valence-electron chi connectivity index (χ0n) is 87.1. The lowest BCUT2D eigenvalue weighted by Crippen LogP contribution is -2.53. The van der Waals surface area contributed by atoms with Crippen molar-refractivity contribution >= 4 is 36.1 Å². The van der Waals surface area contributed by atoms with Crippen LogP contribution in [0.2, 0.25) is 0 Å². The topological polar surface area (TPSA) is 189 Å². The van der Waals surface area contributed by atoms with Gasteiger partial charge in [0.05, 0.1) is 11.1 Å². The Morgan fingerprint density at radius 3 is 1.01 bits per heavy atom. The lowest BCUT2D eigenvalue weighted by molar-refractivity contribution is -0.137. The van der Waals surface area contributed by atoms with E-state index in [0.717, 1.165) is 164 Å². The van der Waals surface area contributed by atoms with E-state index in [0.29, 0.717) is 84.8 Å². The van der Waals surface area contributed by atoms with E-state index in [9.17, 15) is 28.8 Å². The van der Waals surface area contributed by atoms with E-state index < -0.39 is 22.8 Å². The van der Waals surface area contributed by atoms with Crippen LogP contribution >= 0.6 is 0 Å². The number of allylic oxidation sites excluding steroid dienone is 3. The fourth-order valence-corrected chi connectivity index (χ4v) is 31.7. The normalized spacial score (nSPS) is 34.9. The summed E-state index contributed by atoms with van der Waals surface area (Å²) < 4.78 is 17.7. The van der Waals surface area contributed by atoms with Crippen LogP contribution in [0.15, 0.2) is 59.2 Å². The van der Waals surface area contributed by atoms with Crippen LogP contribution in [0.1, 0.15) is 431 Å². The first kappa shape index (κ1) is 104. The molecule has 1 aliphatic heterocycles. The molecule has 1 aromatic rings. The number of ether oxygens (including phenoxy) is 3. The van der Waals surface area contributed by atoms with Gasteiger partial charge in [-0.15, -0.1) is 0 Å². The van der Waals surface area contributed by atoms with Crippen molar-refractivity contribution in [3.05, 3.63) is 70.3 Å². The summed E-state index contributed by atoms with van der Waals surface area (Å²) in [6.45, 7) is 57.6. The van der Waals surface area contributed by atoms with E-state index in [2.05, 4.69) is 122 Å². The number of carboxylic acid groups (broad SMARTS) is 1. The summed E-state index contributed by atoms with van der Waals surface area (Å²) in [7, 11) is 0. The number of rotatable bonds is 30. The third-order valence-corrected chi connectivity index (χ3v) is 38.3. The number of carboxylic acids is 1. The zero-order valence-corrected chi connectivity index (χ0v) is 87.1. The maximum absolute atomic E-state index is 13.7. The molecule has 14 rings (SSSR count). The Balaban J connectivity index is 0.000000178. The smallest absolute Gasteiger partial charge is 0.410 e. The standard InChI is InChI=1S/C43H64N2O4.C37H63NO4.C35H62N2O2/c1-28(2)13-11-14-29(3)35-19-20-36-34-18-17-30-27-31(21-23-42(30,7)37(34)22-24-43(35,36)8)44(40(48)49-41(4,5)6)25-12-26-45-38(46)32-15-9-10-16-33(32)39(45)47;1-25(2)12-11-13-26(3)30-17-18-31-29-16-15-27-24-28(19-21-36(27,7)32(29)20-22-37(30,31)8)38(23-10-9-14-33(39)40)34(41)42-35(4,5)6;1-24(2)11-9-12-25(3)29-15-16-30-28-14-13-26-23-27(37(22-10-21-36)32(38)39-33(4,5)6)17-19-34(26,7)31(28)18-20-35(29,30)8/h9-10,15-17,28-29,31,34-37H,11-14,18-27H2,1-8H3;15,25-26,28-32H,9-14,16-24H2,1-8H3,(H,39,40);13,24-25,27-31H,9-12,14-23,36H2,1-8H3/t29?,31?,34?,35-,36?,37?,42+,43-;26?,28?,29?,30-,31?,32?,36+,37-;25?,27?,28?,29-,30?,31?,34+,35-/m111/s1. The second kappa shape index (κ2) is 42.4. The van der Waals surface area contributed by atoms with Crippen molar-refractivity contribution in [3.8, 4) is 0 Å². The minimum atomic E-state index is -0.771. The summed E-state index contributed by atoms with van der Waals surface area (Å²) in [5.74, 6) is 13.7. The molecule has 24 atom stereocenters. The van der Waals surface area contributed by atoms with Crippen LogP contribution < -0.4 is 5.73 Å². The Morgan fingerprint density at radius 2 is 0.715 bits per heavy atom. The van der Waals surface area contributed by atoms with Gasteiger partial charge in [0.2, 0.25) is 0 Å². The molecule has 1 heterocycles. The molecule has 1 aromatic carbocycles. The molecule has 5 amide bonds. The first-order valence-electron chi connectivity index (χ1n) is 54.0. The summed E-state index contributed by atoms with van der Waals surface area (Å²) in [4.78, 5) is 84.7. The number of aliphatic carboxylic acids is 1. The molecule has 0 saturated heterocycles. The summed E-state index contributed by atoms with van der Waals surface area (Å²) in [6, 6.07) is 7.46. The zero-order chi connectivity index (χ0) is 94.8. The van der Waals surface area contributed by atoms with Gasteiger partial charge < -0.3 is 39.8 Å². The number of nitrogens with two attached hydrogens (primary N) is 1. The summed E-state index contributed by atoms with van der Waals surface area (Å²) >= 11 is 0. The molecular weight excluding hydrogens is 1610 g/mol. The van der Waals surface area contributed by atoms with Crippen LogP contribution in [-0.4, -0.2) is 128 Å². The lowest BCUT2D eigenvalue weighted by Gasteiger charge is -2.59. The Morgan fingerprint density at radius 1 is 0.408 bits per heavy atom. The van der Waals surface area contributed by atoms with Crippen molar-refractivity contribution in [2.24, 2.45) is 145 Å². The number of carbonyl (C=O) groups is 6. The Kier molecular flexibility index (Phi) is 33.9. The van der Waals surface area contributed by atoms with E-state index >= 15 is 0 Å². The molecular formula is C115H189N5O10. The number of hydrogen-bond donors (Lipinski definition) is 2. The summed E-state index contributed by atoms with van der Waals surface area (Å²) in [6.07, 6.45) is 52.2. The highest BCUT2D eigenvalue weighted by molar-refractivity contribution is 6.21. The van der Waals surface area contributed by atoms with Crippen LogP contribution in [-0.2, 0) is 19.0 Å². The van der Waals surface area contributed by atoms with Crippen molar-refractivity contribution in [1.82, 2.24) is 19.6 Å². The van der Waals surface area contributed by atoms with Crippen LogP contribution in [0.25, 0.3) is 0 Å². The second-order valence-corrected chi connectivity index (χ2v) is 51.2. The molecule has 9 saturated carbocycles. The van der Waals surface area contributed by atoms with Crippen LogP contribution in [0.5, 0.6) is 0 Å². The maximum Gasteiger partial charge on any atom is 0.410 e. The summed E-state index contributed by atoms with van der Waals surface area (Å²) in [5.41, 5.74) is 12.2. The van der Waals surface area contributed by atoms with Gasteiger partial charge in [0.1, 0.15) is 16.8 Å². The van der Waals surface area contributed by atoms with E-state index in [4.69, 9.17) is 25.1 Å². The molecule has 15 nitrogen and oxygen atoms in total. The van der Waals surface area contributed by atoms with Gasteiger partial charge in [-0.2, -0.15) is 0 Å². The van der Waals surface area contributed by atoms with E-state index in [1.54, 1.807) is 41.0 Å². The average molecular weight is 1800 g/mol. The van der Waals surface area contributed by atoms with Crippen LogP contribution in [0, 0.1) is 139 Å². The lowest BCUT2D eigenvalue weighted by atomic mass is 9.46. The first-order valence-corrected chi connectivity index (χ1v) is 54.0. The van der Waals surface area contributed by atoms with Gasteiger partial charge in [-0.05, 0) is 400 Å². The molecule has 9 fully saturated rings. The number of hydrogen-bond acceptors (Lipinski definition) is 10. The van der Waals surface area contributed by atoms with Crippen LogP contribution in [0.4, 0.5) is 14.4 Å². The van der Waals surface area contributed by atoms with Crippen molar-refractivity contribution < 1.29 is 48.1 Å². The van der Waals surface area contributed by atoms with Crippen LogP contribution in [0.3, 0.4) is 0 Å². The number of imide groups is 1. The van der Waals surface area contributed by atoms with Gasteiger partial charge in [0.15, 0.2) is 0 Å². The largest absolute Gasteiger partial charge is 0.481 e. The molecule has 15 heteroatoms. The first-order chi connectivity index (χ1) is 61.1. The van der Waals surface area contributed by atoms with Gasteiger partial charge in [-0.25, -0.2) is 14.4 Å². The van der Waals surface area contributed by atoms with Crippen molar-refractivity contribution in [2.75, 3.05) is 32.7 Å². The third-order valence-electron chi connectivity index (χ3n) is 38.3.